The van der Waals surface area contributed by atoms with Gasteiger partial charge in [0.1, 0.15) is 0 Å². The van der Waals surface area contributed by atoms with Crippen LogP contribution < -0.4 is 4.72 Å². The number of rotatable bonds is 5. The SMILES string of the molecule is O=S(=O)(CCCCl)NC1Cc2ccccc2C1. The maximum atomic E-state index is 11.7. The van der Waals surface area contributed by atoms with Gasteiger partial charge in [0.2, 0.25) is 10.0 Å². The Hall–Kier alpha value is -0.580. The zero-order valence-electron chi connectivity index (χ0n) is 9.52. The van der Waals surface area contributed by atoms with Crippen LogP contribution >= 0.6 is 11.6 Å². The quantitative estimate of drug-likeness (QED) is 0.830. The Bertz CT molecular complexity index is 462. The van der Waals surface area contributed by atoms with Gasteiger partial charge in [0, 0.05) is 11.9 Å². The van der Waals surface area contributed by atoms with Crippen LogP contribution in [-0.2, 0) is 22.9 Å². The minimum Gasteiger partial charge on any atom is -0.212 e. The summed E-state index contributed by atoms with van der Waals surface area (Å²) >= 11 is 5.51. The molecule has 94 valence electrons. The molecule has 0 aromatic heterocycles. The van der Waals surface area contributed by atoms with E-state index in [1.807, 2.05) is 12.1 Å². The molecule has 0 saturated heterocycles. The van der Waals surface area contributed by atoms with Gasteiger partial charge in [-0.05, 0) is 30.4 Å². The summed E-state index contributed by atoms with van der Waals surface area (Å²) in [6, 6.07) is 8.10. The zero-order chi connectivity index (χ0) is 12.3. The van der Waals surface area contributed by atoms with Gasteiger partial charge in [-0.15, -0.1) is 11.6 Å². The Labute approximate surface area is 107 Å². The average Bonchev–Trinajstić information content (AvgIpc) is 2.67. The van der Waals surface area contributed by atoms with Crippen molar-refractivity contribution in [3.63, 3.8) is 0 Å². The third-order valence-corrected chi connectivity index (χ3v) is 4.73. The number of nitrogens with one attached hydrogen (secondary N) is 1. The molecule has 0 fully saturated rings. The zero-order valence-corrected chi connectivity index (χ0v) is 11.1. The molecule has 0 radical (unpaired) electrons. The van der Waals surface area contributed by atoms with Crippen LogP contribution in [0.3, 0.4) is 0 Å². The van der Waals surface area contributed by atoms with Crippen molar-refractivity contribution in [2.45, 2.75) is 25.3 Å². The molecule has 1 aromatic rings. The Morgan fingerprint density at radius 3 is 2.35 bits per heavy atom. The van der Waals surface area contributed by atoms with E-state index in [0.717, 1.165) is 12.8 Å². The lowest BCUT2D eigenvalue weighted by atomic mass is 10.1. The number of fused-ring (bicyclic) bond motifs is 1. The smallest absolute Gasteiger partial charge is 0.211 e. The van der Waals surface area contributed by atoms with Crippen molar-refractivity contribution in [1.29, 1.82) is 0 Å². The largest absolute Gasteiger partial charge is 0.212 e. The molecule has 0 spiro atoms. The Morgan fingerprint density at radius 2 is 1.82 bits per heavy atom. The molecule has 0 amide bonds. The number of alkyl halides is 1. The standard InChI is InChI=1S/C12H16ClNO2S/c13-6-3-7-17(15,16)14-12-8-10-4-1-2-5-11(10)9-12/h1-2,4-5,12,14H,3,6-9H2. The third-order valence-electron chi connectivity index (χ3n) is 2.94. The summed E-state index contributed by atoms with van der Waals surface area (Å²) in [5.41, 5.74) is 2.50. The van der Waals surface area contributed by atoms with Crippen molar-refractivity contribution in [1.82, 2.24) is 4.72 Å². The highest BCUT2D eigenvalue weighted by Gasteiger charge is 2.24. The van der Waals surface area contributed by atoms with Gasteiger partial charge in [0.05, 0.1) is 5.75 Å². The number of hydrogen-bond acceptors (Lipinski definition) is 2. The fraction of sp³-hybridized carbons (Fsp3) is 0.500. The van der Waals surface area contributed by atoms with Crippen LogP contribution in [0.1, 0.15) is 17.5 Å². The predicted octanol–water partition coefficient (Wildman–Crippen LogP) is 1.70. The number of halogens is 1. The predicted molar refractivity (Wildman–Crippen MR) is 69.9 cm³/mol. The van der Waals surface area contributed by atoms with E-state index >= 15 is 0 Å². The molecule has 0 bridgehead atoms. The van der Waals surface area contributed by atoms with Crippen LogP contribution in [0.4, 0.5) is 0 Å². The molecule has 2 rings (SSSR count). The molecular formula is C12H16ClNO2S. The van der Waals surface area contributed by atoms with Crippen LogP contribution in [0.5, 0.6) is 0 Å². The minimum absolute atomic E-state index is 0.00715. The van der Waals surface area contributed by atoms with Gasteiger partial charge < -0.3 is 0 Å². The maximum absolute atomic E-state index is 11.7. The topological polar surface area (TPSA) is 46.2 Å². The van der Waals surface area contributed by atoms with Crippen molar-refractivity contribution in [2.24, 2.45) is 0 Å². The van der Waals surface area contributed by atoms with E-state index in [1.165, 1.54) is 11.1 Å². The van der Waals surface area contributed by atoms with E-state index in [0.29, 0.717) is 12.3 Å². The van der Waals surface area contributed by atoms with Gasteiger partial charge >= 0.3 is 0 Å². The summed E-state index contributed by atoms with van der Waals surface area (Å²) in [6.45, 7) is 0. The van der Waals surface area contributed by atoms with Crippen molar-refractivity contribution in [2.75, 3.05) is 11.6 Å². The molecule has 0 unspecified atom stereocenters. The van der Waals surface area contributed by atoms with Crippen LogP contribution in [0.25, 0.3) is 0 Å². The van der Waals surface area contributed by atoms with Gasteiger partial charge in [-0.1, -0.05) is 24.3 Å². The lowest BCUT2D eigenvalue weighted by Gasteiger charge is -2.11. The van der Waals surface area contributed by atoms with Crippen molar-refractivity contribution in [3.8, 4) is 0 Å². The molecule has 0 heterocycles. The summed E-state index contributed by atoms with van der Waals surface area (Å²) in [5, 5.41) is 0. The second-order valence-corrected chi connectivity index (χ2v) is 6.60. The minimum atomic E-state index is -3.18. The van der Waals surface area contributed by atoms with Crippen LogP contribution in [-0.4, -0.2) is 26.1 Å². The Balaban J connectivity index is 1.96. The summed E-state index contributed by atoms with van der Waals surface area (Å²) in [7, 11) is -3.18. The van der Waals surface area contributed by atoms with Crippen LogP contribution in [0.2, 0.25) is 0 Å². The van der Waals surface area contributed by atoms with Crippen molar-refractivity contribution < 1.29 is 8.42 Å². The van der Waals surface area contributed by atoms with E-state index in [9.17, 15) is 8.42 Å². The first-order valence-electron chi connectivity index (χ1n) is 5.73. The summed E-state index contributed by atoms with van der Waals surface area (Å²) in [4.78, 5) is 0. The number of sulfonamides is 1. The van der Waals surface area contributed by atoms with E-state index in [4.69, 9.17) is 11.6 Å². The van der Waals surface area contributed by atoms with Crippen LogP contribution in [0, 0.1) is 0 Å². The molecule has 1 N–H and O–H groups in total. The first kappa shape index (κ1) is 12.9. The fourth-order valence-electron chi connectivity index (χ4n) is 2.20. The molecule has 17 heavy (non-hydrogen) atoms. The third kappa shape index (κ3) is 3.44. The van der Waals surface area contributed by atoms with Gasteiger partial charge in [0.15, 0.2) is 0 Å². The van der Waals surface area contributed by atoms with E-state index in [1.54, 1.807) is 0 Å². The monoisotopic (exact) mass is 273 g/mol. The summed E-state index contributed by atoms with van der Waals surface area (Å²) in [5.74, 6) is 0.495. The molecular weight excluding hydrogens is 258 g/mol. The number of benzene rings is 1. The Kier molecular flexibility index (Phi) is 4.07. The maximum Gasteiger partial charge on any atom is 0.211 e. The van der Waals surface area contributed by atoms with E-state index in [-0.39, 0.29) is 11.8 Å². The molecule has 0 atom stereocenters. The molecule has 3 nitrogen and oxygen atoms in total. The number of hydrogen-bond donors (Lipinski definition) is 1. The molecule has 1 aromatic carbocycles. The van der Waals surface area contributed by atoms with Gasteiger partial charge in [-0.2, -0.15) is 0 Å². The summed E-state index contributed by atoms with van der Waals surface area (Å²) < 4.78 is 26.2. The van der Waals surface area contributed by atoms with Gasteiger partial charge in [0.25, 0.3) is 0 Å². The van der Waals surface area contributed by atoms with Crippen molar-refractivity contribution >= 4 is 21.6 Å². The lowest BCUT2D eigenvalue weighted by Crippen LogP contribution is -2.36. The van der Waals surface area contributed by atoms with E-state index in [2.05, 4.69) is 16.9 Å². The average molecular weight is 274 g/mol. The lowest BCUT2D eigenvalue weighted by molar-refractivity contribution is 0.554. The van der Waals surface area contributed by atoms with Crippen LogP contribution in [0.15, 0.2) is 24.3 Å². The van der Waals surface area contributed by atoms with Gasteiger partial charge in [-0.25, -0.2) is 13.1 Å². The molecule has 1 aliphatic carbocycles. The second-order valence-electron chi connectivity index (χ2n) is 4.35. The van der Waals surface area contributed by atoms with E-state index < -0.39 is 10.0 Å². The first-order valence-corrected chi connectivity index (χ1v) is 7.92. The first-order chi connectivity index (χ1) is 8.11. The molecule has 1 aliphatic rings. The molecule has 0 saturated carbocycles. The highest BCUT2D eigenvalue weighted by atomic mass is 35.5. The molecule has 0 aliphatic heterocycles. The second kappa shape index (κ2) is 5.38. The Morgan fingerprint density at radius 1 is 1.24 bits per heavy atom. The fourth-order valence-corrected chi connectivity index (χ4v) is 3.81. The van der Waals surface area contributed by atoms with Gasteiger partial charge in [-0.3, -0.25) is 0 Å². The highest BCUT2D eigenvalue weighted by molar-refractivity contribution is 7.89. The molecule has 5 heteroatoms. The highest BCUT2D eigenvalue weighted by Crippen LogP contribution is 2.22. The normalized spacial score (nSPS) is 16.1. The summed E-state index contributed by atoms with van der Waals surface area (Å²) in [6.07, 6.45) is 2.07. The van der Waals surface area contributed by atoms with Crippen molar-refractivity contribution in [3.05, 3.63) is 35.4 Å².